The van der Waals surface area contributed by atoms with E-state index in [-0.39, 0.29) is 5.91 Å². The average molecular weight is 315 g/mol. The highest BCUT2D eigenvalue weighted by Gasteiger charge is 2.18. The quantitative estimate of drug-likeness (QED) is 0.847. The van der Waals surface area contributed by atoms with Crippen molar-refractivity contribution in [3.05, 3.63) is 53.5 Å². The van der Waals surface area contributed by atoms with Crippen molar-refractivity contribution >= 4 is 28.9 Å². The molecule has 22 heavy (non-hydrogen) atoms. The summed E-state index contributed by atoms with van der Waals surface area (Å²) in [5.41, 5.74) is 1.53. The van der Waals surface area contributed by atoms with Gasteiger partial charge < -0.3 is 20.0 Å². The van der Waals surface area contributed by atoms with Crippen LogP contribution in [0.3, 0.4) is 0 Å². The molecule has 2 aromatic rings. The standard InChI is InChI=1S/C16H17N3O2S/c1-11-5-6-14(21-11)10-18-15(20)12-3-2-4-13(9-12)19-8-7-17-16(19)22/h2-6,9H,7-8,10H2,1H3,(H,17,22)(H,18,20). The first-order valence-electron chi connectivity index (χ1n) is 7.12. The van der Waals surface area contributed by atoms with E-state index in [0.717, 1.165) is 30.3 Å². The number of hydrogen-bond acceptors (Lipinski definition) is 3. The van der Waals surface area contributed by atoms with Crippen LogP contribution in [0.5, 0.6) is 0 Å². The number of carbonyl (C=O) groups excluding carboxylic acids is 1. The molecule has 1 aliphatic heterocycles. The summed E-state index contributed by atoms with van der Waals surface area (Å²) >= 11 is 5.25. The molecule has 0 bridgehead atoms. The molecule has 114 valence electrons. The summed E-state index contributed by atoms with van der Waals surface area (Å²) < 4.78 is 5.44. The number of nitrogens with one attached hydrogen (secondary N) is 2. The molecule has 1 amide bonds. The summed E-state index contributed by atoms with van der Waals surface area (Å²) in [4.78, 5) is 14.2. The Morgan fingerprint density at radius 2 is 2.27 bits per heavy atom. The van der Waals surface area contributed by atoms with E-state index in [0.29, 0.717) is 17.2 Å². The molecule has 0 aliphatic carbocycles. The molecule has 2 N–H and O–H groups in total. The van der Waals surface area contributed by atoms with Crippen molar-refractivity contribution in [1.82, 2.24) is 10.6 Å². The zero-order valence-electron chi connectivity index (χ0n) is 12.3. The summed E-state index contributed by atoms with van der Waals surface area (Å²) in [6.45, 7) is 3.89. The monoisotopic (exact) mass is 315 g/mol. The normalized spacial score (nSPS) is 14.0. The Morgan fingerprint density at radius 1 is 1.41 bits per heavy atom. The largest absolute Gasteiger partial charge is 0.465 e. The van der Waals surface area contributed by atoms with Crippen molar-refractivity contribution in [2.24, 2.45) is 0 Å². The molecule has 1 saturated heterocycles. The van der Waals surface area contributed by atoms with E-state index < -0.39 is 0 Å². The van der Waals surface area contributed by atoms with E-state index in [9.17, 15) is 4.79 Å². The van der Waals surface area contributed by atoms with Gasteiger partial charge in [0.25, 0.3) is 5.91 Å². The summed E-state index contributed by atoms with van der Waals surface area (Å²) in [5, 5.41) is 6.67. The molecular formula is C16H17N3O2S. The molecule has 5 nitrogen and oxygen atoms in total. The number of aryl methyl sites for hydroxylation is 1. The number of carbonyl (C=O) groups is 1. The first kappa shape index (κ1) is 14.6. The number of thiocarbonyl (C=S) groups is 1. The van der Waals surface area contributed by atoms with Crippen molar-refractivity contribution in [3.63, 3.8) is 0 Å². The Balaban J connectivity index is 1.68. The van der Waals surface area contributed by atoms with Gasteiger partial charge in [0.1, 0.15) is 11.5 Å². The molecule has 2 heterocycles. The number of rotatable bonds is 4. The van der Waals surface area contributed by atoms with Gasteiger partial charge in [-0.1, -0.05) is 6.07 Å². The molecule has 0 spiro atoms. The molecule has 1 aromatic heterocycles. The van der Waals surface area contributed by atoms with Gasteiger partial charge in [-0.25, -0.2) is 0 Å². The summed E-state index contributed by atoms with van der Waals surface area (Å²) in [6.07, 6.45) is 0. The predicted octanol–water partition coefficient (Wildman–Crippen LogP) is 2.21. The predicted molar refractivity (Wildman–Crippen MR) is 89.0 cm³/mol. The molecule has 0 radical (unpaired) electrons. The summed E-state index contributed by atoms with van der Waals surface area (Å²) in [5.74, 6) is 1.45. The first-order chi connectivity index (χ1) is 10.6. The van der Waals surface area contributed by atoms with Crippen LogP contribution >= 0.6 is 12.2 Å². The first-order valence-corrected chi connectivity index (χ1v) is 7.53. The zero-order chi connectivity index (χ0) is 15.5. The highest BCUT2D eigenvalue weighted by atomic mass is 32.1. The maximum absolute atomic E-state index is 12.3. The molecular weight excluding hydrogens is 298 g/mol. The second-order valence-corrected chi connectivity index (χ2v) is 5.52. The van der Waals surface area contributed by atoms with Gasteiger partial charge in [0.2, 0.25) is 0 Å². The van der Waals surface area contributed by atoms with E-state index in [1.54, 1.807) is 6.07 Å². The molecule has 1 aliphatic rings. The minimum absolute atomic E-state index is 0.131. The van der Waals surface area contributed by atoms with Gasteiger partial charge in [0.05, 0.1) is 6.54 Å². The Bertz CT molecular complexity index is 711. The zero-order valence-corrected chi connectivity index (χ0v) is 13.1. The molecule has 0 unspecified atom stereocenters. The lowest BCUT2D eigenvalue weighted by Crippen LogP contribution is -2.28. The molecule has 1 aromatic carbocycles. The van der Waals surface area contributed by atoms with E-state index in [1.807, 2.05) is 42.2 Å². The van der Waals surface area contributed by atoms with Crippen molar-refractivity contribution in [2.75, 3.05) is 18.0 Å². The highest BCUT2D eigenvalue weighted by molar-refractivity contribution is 7.80. The SMILES string of the molecule is Cc1ccc(CNC(=O)c2cccc(N3CCNC3=S)c2)o1. The number of nitrogens with zero attached hydrogens (tertiary/aromatic N) is 1. The molecule has 0 saturated carbocycles. The van der Waals surface area contributed by atoms with Gasteiger partial charge in [-0.15, -0.1) is 0 Å². The van der Waals surface area contributed by atoms with E-state index in [2.05, 4.69) is 10.6 Å². The summed E-state index contributed by atoms with van der Waals surface area (Å²) in [7, 11) is 0. The number of furan rings is 1. The maximum Gasteiger partial charge on any atom is 0.251 e. The van der Waals surface area contributed by atoms with Crippen LogP contribution in [-0.2, 0) is 6.54 Å². The lowest BCUT2D eigenvalue weighted by Gasteiger charge is -2.17. The van der Waals surface area contributed by atoms with E-state index in [1.165, 1.54) is 0 Å². The minimum Gasteiger partial charge on any atom is -0.465 e. The van der Waals surface area contributed by atoms with Gasteiger partial charge in [-0.05, 0) is 49.5 Å². The number of anilines is 1. The minimum atomic E-state index is -0.131. The van der Waals surface area contributed by atoms with Crippen LogP contribution in [0.15, 0.2) is 40.8 Å². The second kappa shape index (κ2) is 6.19. The Morgan fingerprint density at radius 3 is 2.95 bits per heavy atom. The van der Waals surface area contributed by atoms with Crippen molar-refractivity contribution in [3.8, 4) is 0 Å². The Kier molecular flexibility index (Phi) is 4.11. The Labute approximate surface area is 134 Å². The molecule has 1 fully saturated rings. The van der Waals surface area contributed by atoms with Gasteiger partial charge >= 0.3 is 0 Å². The lowest BCUT2D eigenvalue weighted by atomic mass is 10.1. The topological polar surface area (TPSA) is 57.5 Å². The fourth-order valence-corrected chi connectivity index (χ4v) is 2.68. The van der Waals surface area contributed by atoms with Crippen LogP contribution < -0.4 is 15.5 Å². The smallest absolute Gasteiger partial charge is 0.251 e. The van der Waals surface area contributed by atoms with E-state index >= 15 is 0 Å². The number of benzene rings is 1. The third kappa shape index (κ3) is 3.12. The molecule has 3 rings (SSSR count). The van der Waals surface area contributed by atoms with Crippen LogP contribution in [0.2, 0.25) is 0 Å². The number of hydrogen-bond donors (Lipinski definition) is 2. The van der Waals surface area contributed by atoms with Crippen LogP contribution in [0, 0.1) is 6.92 Å². The average Bonchev–Trinajstić information content (AvgIpc) is 3.13. The van der Waals surface area contributed by atoms with Gasteiger partial charge in [-0.3, -0.25) is 4.79 Å². The fraction of sp³-hybridized carbons (Fsp3) is 0.250. The third-order valence-corrected chi connectivity index (χ3v) is 3.86. The lowest BCUT2D eigenvalue weighted by molar-refractivity contribution is 0.0948. The third-order valence-electron chi connectivity index (χ3n) is 3.50. The molecule has 0 atom stereocenters. The van der Waals surface area contributed by atoms with Gasteiger partial charge in [-0.2, -0.15) is 0 Å². The van der Waals surface area contributed by atoms with Crippen molar-refractivity contribution in [1.29, 1.82) is 0 Å². The maximum atomic E-state index is 12.3. The molecule has 6 heteroatoms. The van der Waals surface area contributed by atoms with Crippen molar-refractivity contribution < 1.29 is 9.21 Å². The van der Waals surface area contributed by atoms with E-state index in [4.69, 9.17) is 16.6 Å². The van der Waals surface area contributed by atoms with Crippen molar-refractivity contribution in [2.45, 2.75) is 13.5 Å². The van der Waals surface area contributed by atoms with Crippen LogP contribution in [0.4, 0.5) is 5.69 Å². The number of amides is 1. The van der Waals surface area contributed by atoms with Crippen LogP contribution in [0.1, 0.15) is 21.9 Å². The second-order valence-electron chi connectivity index (χ2n) is 5.13. The van der Waals surface area contributed by atoms with Gasteiger partial charge in [0, 0.05) is 24.3 Å². The summed E-state index contributed by atoms with van der Waals surface area (Å²) in [6, 6.07) is 11.2. The highest BCUT2D eigenvalue weighted by Crippen LogP contribution is 2.18. The van der Waals surface area contributed by atoms with Crippen LogP contribution in [0.25, 0.3) is 0 Å². The fourth-order valence-electron chi connectivity index (χ4n) is 2.38. The van der Waals surface area contributed by atoms with Gasteiger partial charge in [0.15, 0.2) is 5.11 Å². The van der Waals surface area contributed by atoms with Crippen LogP contribution in [-0.4, -0.2) is 24.1 Å². The Hall–Kier alpha value is -2.34.